The molecule has 3 nitrogen and oxygen atoms in total. The zero-order chi connectivity index (χ0) is 10.8. The highest BCUT2D eigenvalue weighted by atomic mass is 16.5. The van der Waals surface area contributed by atoms with E-state index in [4.69, 9.17) is 10.5 Å². The number of H-pyrrole nitrogens is 1. The standard InChI is InChI=1S/C12H16N2O/c1-8-10-7-9(15-2)3-4-12(10)14-11(8)5-6-13/h3-4,7,14H,5-6,13H2,1-2H3. The minimum atomic E-state index is 0.671. The smallest absolute Gasteiger partial charge is 0.119 e. The molecule has 2 aromatic rings. The number of hydrogen-bond donors (Lipinski definition) is 2. The SMILES string of the molecule is COc1ccc2[nH]c(CCN)c(C)c2c1. The number of aromatic nitrogens is 1. The topological polar surface area (TPSA) is 51.0 Å². The van der Waals surface area contributed by atoms with Gasteiger partial charge in [0.2, 0.25) is 0 Å². The summed E-state index contributed by atoms with van der Waals surface area (Å²) in [6.45, 7) is 2.79. The molecule has 80 valence electrons. The lowest BCUT2D eigenvalue weighted by atomic mass is 10.1. The Morgan fingerprint density at radius 2 is 2.20 bits per heavy atom. The molecule has 0 aliphatic heterocycles. The minimum Gasteiger partial charge on any atom is -0.497 e. The van der Waals surface area contributed by atoms with Crippen LogP contribution in [0, 0.1) is 6.92 Å². The molecule has 0 unspecified atom stereocenters. The first kappa shape index (κ1) is 10.1. The molecular formula is C12H16N2O. The average Bonchev–Trinajstić information content (AvgIpc) is 2.56. The number of nitrogens with two attached hydrogens (primary N) is 1. The van der Waals surface area contributed by atoms with E-state index in [1.165, 1.54) is 16.6 Å². The molecule has 0 aliphatic carbocycles. The Bertz CT molecular complexity index is 474. The highest BCUT2D eigenvalue weighted by Gasteiger charge is 2.07. The summed E-state index contributed by atoms with van der Waals surface area (Å²) in [6, 6.07) is 6.06. The lowest BCUT2D eigenvalue weighted by Gasteiger charge is -1.99. The van der Waals surface area contributed by atoms with E-state index in [0.717, 1.165) is 17.7 Å². The second-order valence-electron chi connectivity index (χ2n) is 3.68. The minimum absolute atomic E-state index is 0.671. The van der Waals surface area contributed by atoms with Gasteiger partial charge < -0.3 is 15.5 Å². The number of benzene rings is 1. The maximum atomic E-state index is 5.56. The fourth-order valence-corrected chi connectivity index (χ4v) is 1.88. The Labute approximate surface area is 89.2 Å². The molecule has 0 saturated carbocycles. The van der Waals surface area contributed by atoms with E-state index in [-0.39, 0.29) is 0 Å². The van der Waals surface area contributed by atoms with Gasteiger partial charge in [0.15, 0.2) is 0 Å². The lowest BCUT2D eigenvalue weighted by molar-refractivity contribution is 0.415. The summed E-state index contributed by atoms with van der Waals surface area (Å²) < 4.78 is 5.21. The summed E-state index contributed by atoms with van der Waals surface area (Å²) in [5, 5.41) is 1.22. The molecular weight excluding hydrogens is 188 g/mol. The van der Waals surface area contributed by atoms with E-state index in [9.17, 15) is 0 Å². The molecule has 1 aromatic heterocycles. The number of rotatable bonds is 3. The van der Waals surface area contributed by atoms with Crippen molar-refractivity contribution in [2.45, 2.75) is 13.3 Å². The number of ether oxygens (including phenoxy) is 1. The molecule has 0 spiro atoms. The van der Waals surface area contributed by atoms with Gasteiger partial charge in [0.05, 0.1) is 7.11 Å². The summed E-state index contributed by atoms with van der Waals surface area (Å²) in [5.41, 5.74) is 9.21. The fourth-order valence-electron chi connectivity index (χ4n) is 1.88. The number of nitrogens with one attached hydrogen (secondary N) is 1. The number of aryl methyl sites for hydroxylation is 1. The van der Waals surface area contributed by atoms with Crippen LogP contribution >= 0.6 is 0 Å². The fraction of sp³-hybridized carbons (Fsp3) is 0.333. The summed E-state index contributed by atoms with van der Waals surface area (Å²) in [5.74, 6) is 0.892. The Morgan fingerprint density at radius 3 is 2.87 bits per heavy atom. The van der Waals surface area contributed by atoms with Gasteiger partial charge in [-0.25, -0.2) is 0 Å². The Balaban J connectivity index is 2.56. The van der Waals surface area contributed by atoms with Crippen LogP contribution in [0.4, 0.5) is 0 Å². The number of aromatic amines is 1. The molecule has 3 N–H and O–H groups in total. The van der Waals surface area contributed by atoms with Crippen molar-refractivity contribution >= 4 is 10.9 Å². The van der Waals surface area contributed by atoms with Crippen molar-refractivity contribution in [3.05, 3.63) is 29.5 Å². The highest BCUT2D eigenvalue weighted by Crippen LogP contribution is 2.25. The average molecular weight is 204 g/mol. The van der Waals surface area contributed by atoms with Crippen LogP contribution in [-0.4, -0.2) is 18.6 Å². The van der Waals surface area contributed by atoms with Crippen LogP contribution in [0.5, 0.6) is 5.75 Å². The third kappa shape index (κ3) is 1.70. The Kier molecular flexibility index (Phi) is 2.64. The van der Waals surface area contributed by atoms with E-state index in [0.29, 0.717) is 6.54 Å². The first-order valence-electron chi connectivity index (χ1n) is 5.11. The van der Waals surface area contributed by atoms with Crippen LogP contribution < -0.4 is 10.5 Å². The van der Waals surface area contributed by atoms with Crippen molar-refractivity contribution in [2.24, 2.45) is 5.73 Å². The molecule has 0 aliphatic rings. The largest absolute Gasteiger partial charge is 0.497 e. The van der Waals surface area contributed by atoms with Crippen LogP contribution in [-0.2, 0) is 6.42 Å². The van der Waals surface area contributed by atoms with Crippen molar-refractivity contribution in [3.63, 3.8) is 0 Å². The molecule has 0 saturated heterocycles. The van der Waals surface area contributed by atoms with Gasteiger partial charge in [-0.15, -0.1) is 0 Å². The van der Waals surface area contributed by atoms with Gasteiger partial charge in [0, 0.05) is 23.0 Å². The maximum absolute atomic E-state index is 5.56. The monoisotopic (exact) mass is 204 g/mol. The second kappa shape index (κ2) is 3.95. The molecule has 1 heterocycles. The maximum Gasteiger partial charge on any atom is 0.119 e. The number of fused-ring (bicyclic) bond motifs is 1. The van der Waals surface area contributed by atoms with Crippen molar-refractivity contribution in [1.29, 1.82) is 0 Å². The third-order valence-corrected chi connectivity index (χ3v) is 2.76. The van der Waals surface area contributed by atoms with E-state index in [2.05, 4.69) is 18.0 Å². The predicted octanol–water partition coefficient (Wildman–Crippen LogP) is 1.99. The molecule has 3 heteroatoms. The molecule has 0 fully saturated rings. The normalized spacial score (nSPS) is 10.9. The third-order valence-electron chi connectivity index (χ3n) is 2.76. The first-order valence-corrected chi connectivity index (χ1v) is 5.11. The summed E-state index contributed by atoms with van der Waals surface area (Å²) >= 11 is 0. The summed E-state index contributed by atoms with van der Waals surface area (Å²) in [4.78, 5) is 3.38. The van der Waals surface area contributed by atoms with Gasteiger partial charge in [-0.1, -0.05) is 0 Å². The van der Waals surface area contributed by atoms with Crippen LogP contribution in [0.3, 0.4) is 0 Å². The van der Waals surface area contributed by atoms with Gasteiger partial charge in [0.25, 0.3) is 0 Å². The number of methoxy groups -OCH3 is 1. The zero-order valence-corrected chi connectivity index (χ0v) is 9.13. The van der Waals surface area contributed by atoms with Gasteiger partial charge >= 0.3 is 0 Å². The first-order chi connectivity index (χ1) is 7.26. The molecule has 1 aromatic carbocycles. The lowest BCUT2D eigenvalue weighted by Crippen LogP contribution is -2.03. The molecule has 0 bridgehead atoms. The molecule has 15 heavy (non-hydrogen) atoms. The van der Waals surface area contributed by atoms with Gasteiger partial charge in [0.1, 0.15) is 5.75 Å². The van der Waals surface area contributed by atoms with E-state index in [1.807, 2.05) is 12.1 Å². The zero-order valence-electron chi connectivity index (χ0n) is 9.13. The predicted molar refractivity (Wildman–Crippen MR) is 62.3 cm³/mol. The highest BCUT2D eigenvalue weighted by molar-refractivity contribution is 5.85. The molecule has 0 amide bonds. The quantitative estimate of drug-likeness (QED) is 0.803. The van der Waals surface area contributed by atoms with Crippen LogP contribution in [0.25, 0.3) is 10.9 Å². The number of hydrogen-bond acceptors (Lipinski definition) is 2. The van der Waals surface area contributed by atoms with Crippen LogP contribution in [0.15, 0.2) is 18.2 Å². The van der Waals surface area contributed by atoms with Crippen LogP contribution in [0.2, 0.25) is 0 Å². The van der Waals surface area contributed by atoms with Crippen molar-refractivity contribution in [1.82, 2.24) is 4.98 Å². The second-order valence-corrected chi connectivity index (χ2v) is 3.68. The van der Waals surface area contributed by atoms with Crippen molar-refractivity contribution in [3.8, 4) is 5.75 Å². The van der Waals surface area contributed by atoms with E-state index in [1.54, 1.807) is 7.11 Å². The molecule has 0 radical (unpaired) electrons. The summed E-state index contributed by atoms with van der Waals surface area (Å²) in [7, 11) is 1.68. The van der Waals surface area contributed by atoms with Crippen LogP contribution in [0.1, 0.15) is 11.3 Å². The summed E-state index contributed by atoms with van der Waals surface area (Å²) in [6.07, 6.45) is 0.892. The van der Waals surface area contributed by atoms with Gasteiger partial charge in [-0.2, -0.15) is 0 Å². The van der Waals surface area contributed by atoms with E-state index < -0.39 is 0 Å². The Morgan fingerprint density at radius 1 is 1.40 bits per heavy atom. The van der Waals surface area contributed by atoms with Gasteiger partial charge in [-0.05, 0) is 37.2 Å². The van der Waals surface area contributed by atoms with Crippen molar-refractivity contribution in [2.75, 3.05) is 13.7 Å². The Hall–Kier alpha value is -1.48. The van der Waals surface area contributed by atoms with Crippen molar-refractivity contribution < 1.29 is 4.74 Å². The van der Waals surface area contributed by atoms with E-state index >= 15 is 0 Å². The molecule has 2 rings (SSSR count). The van der Waals surface area contributed by atoms with Gasteiger partial charge in [-0.3, -0.25) is 0 Å². The molecule has 0 atom stereocenters.